The standard InChI is InChI=1S/C13H7Cl2N3OS/c14-9-4-1-8(2-5-9)3-6-10-7-11(19)18-13(16-10)20-12(15)17-18/h1-7H/b6-3+. The molecule has 100 valence electrons. The van der Waals surface area contributed by atoms with Crippen molar-refractivity contribution in [2.24, 2.45) is 0 Å². The first-order valence-corrected chi connectivity index (χ1v) is 7.19. The van der Waals surface area contributed by atoms with E-state index in [0.29, 0.717) is 15.7 Å². The van der Waals surface area contributed by atoms with E-state index in [2.05, 4.69) is 10.1 Å². The molecule has 0 saturated heterocycles. The molecular formula is C13H7Cl2N3OS. The number of hydrogen-bond acceptors (Lipinski definition) is 4. The molecule has 4 nitrogen and oxygen atoms in total. The Morgan fingerprint density at radius 1 is 1.15 bits per heavy atom. The van der Waals surface area contributed by atoms with E-state index < -0.39 is 0 Å². The van der Waals surface area contributed by atoms with Crippen molar-refractivity contribution < 1.29 is 0 Å². The molecule has 3 aromatic rings. The Balaban J connectivity index is 1.98. The van der Waals surface area contributed by atoms with Crippen LogP contribution in [0.25, 0.3) is 17.1 Å². The molecule has 0 N–H and O–H groups in total. The third-order valence-electron chi connectivity index (χ3n) is 2.56. The Kier molecular flexibility index (Phi) is 3.56. The van der Waals surface area contributed by atoms with Crippen molar-refractivity contribution in [1.29, 1.82) is 0 Å². The first-order chi connectivity index (χ1) is 9.61. The molecule has 0 unspecified atom stereocenters. The molecule has 0 fully saturated rings. The van der Waals surface area contributed by atoms with E-state index in [1.165, 1.54) is 10.6 Å². The van der Waals surface area contributed by atoms with Crippen LogP contribution in [0.5, 0.6) is 0 Å². The summed E-state index contributed by atoms with van der Waals surface area (Å²) in [5.41, 5.74) is 1.28. The summed E-state index contributed by atoms with van der Waals surface area (Å²) in [5.74, 6) is 0. The Morgan fingerprint density at radius 3 is 2.65 bits per heavy atom. The molecule has 20 heavy (non-hydrogen) atoms. The van der Waals surface area contributed by atoms with E-state index in [9.17, 15) is 4.79 Å². The van der Waals surface area contributed by atoms with Gasteiger partial charge in [0.1, 0.15) is 0 Å². The lowest BCUT2D eigenvalue weighted by atomic mass is 10.2. The van der Waals surface area contributed by atoms with Gasteiger partial charge in [-0.25, -0.2) is 4.98 Å². The molecule has 0 saturated carbocycles. The van der Waals surface area contributed by atoms with Crippen LogP contribution in [0.1, 0.15) is 11.3 Å². The van der Waals surface area contributed by atoms with Crippen molar-refractivity contribution in [2.75, 3.05) is 0 Å². The second kappa shape index (κ2) is 5.36. The molecule has 0 spiro atoms. The fourth-order valence-corrected chi connectivity index (χ4v) is 2.70. The van der Waals surface area contributed by atoms with E-state index in [4.69, 9.17) is 23.2 Å². The van der Waals surface area contributed by atoms with Gasteiger partial charge in [0.15, 0.2) is 0 Å². The van der Waals surface area contributed by atoms with Crippen molar-refractivity contribution in [3.05, 3.63) is 61.4 Å². The molecule has 1 aromatic carbocycles. The summed E-state index contributed by atoms with van der Waals surface area (Å²) < 4.78 is 1.47. The van der Waals surface area contributed by atoms with Gasteiger partial charge in [-0.15, -0.1) is 5.10 Å². The van der Waals surface area contributed by atoms with Crippen molar-refractivity contribution >= 4 is 51.7 Å². The van der Waals surface area contributed by atoms with E-state index in [-0.39, 0.29) is 10.0 Å². The quantitative estimate of drug-likeness (QED) is 0.723. The van der Waals surface area contributed by atoms with Gasteiger partial charge in [-0.3, -0.25) is 4.79 Å². The van der Waals surface area contributed by atoms with Gasteiger partial charge in [-0.2, -0.15) is 4.52 Å². The summed E-state index contributed by atoms with van der Waals surface area (Å²) in [6, 6.07) is 8.78. The summed E-state index contributed by atoms with van der Waals surface area (Å²) in [5, 5.41) is 4.55. The predicted octanol–water partition coefficient (Wildman–Crippen LogP) is 3.63. The minimum atomic E-state index is -0.256. The maximum Gasteiger partial charge on any atom is 0.275 e. The SMILES string of the molecule is O=c1cc(/C=C/c2ccc(Cl)cc2)nc2sc(Cl)nn12. The summed E-state index contributed by atoms with van der Waals surface area (Å²) >= 11 is 12.7. The topological polar surface area (TPSA) is 47.3 Å². The average Bonchev–Trinajstić information content (AvgIpc) is 2.79. The highest BCUT2D eigenvalue weighted by molar-refractivity contribution is 7.20. The number of halogens is 2. The van der Waals surface area contributed by atoms with Gasteiger partial charge >= 0.3 is 0 Å². The monoisotopic (exact) mass is 323 g/mol. The van der Waals surface area contributed by atoms with Gasteiger partial charge in [-0.1, -0.05) is 41.1 Å². The number of nitrogens with zero attached hydrogens (tertiary/aromatic N) is 3. The van der Waals surface area contributed by atoms with Crippen LogP contribution in [0.2, 0.25) is 9.49 Å². The minimum Gasteiger partial charge on any atom is -0.267 e. The molecule has 2 aromatic heterocycles. The van der Waals surface area contributed by atoms with Gasteiger partial charge in [0, 0.05) is 11.1 Å². The maximum absolute atomic E-state index is 11.8. The van der Waals surface area contributed by atoms with Gasteiger partial charge in [-0.05, 0) is 35.4 Å². The molecule has 0 aliphatic heterocycles. The highest BCUT2D eigenvalue weighted by atomic mass is 35.5. The lowest BCUT2D eigenvalue weighted by Gasteiger charge is -1.95. The molecule has 0 bridgehead atoms. The van der Waals surface area contributed by atoms with Gasteiger partial charge in [0.25, 0.3) is 5.56 Å². The van der Waals surface area contributed by atoms with Crippen molar-refractivity contribution in [3.63, 3.8) is 0 Å². The van der Waals surface area contributed by atoms with E-state index >= 15 is 0 Å². The van der Waals surface area contributed by atoms with Crippen molar-refractivity contribution in [1.82, 2.24) is 14.6 Å². The molecule has 2 heterocycles. The maximum atomic E-state index is 11.8. The average molecular weight is 324 g/mol. The normalized spacial score (nSPS) is 11.5. The molecule has 0 aliphatic rings. The van der Waals surface area contributed by atoms with Crippen molar-refractivity contribution in [2.45, 2.75) is 0 Å². The number of fused-ring (bicyclic) bond motifs is 1. The molecule has 0 radical (unpaired) electrons. The fraction of sp³-hybridized carbons (Fsp3) is 0. The second-order valence-electron chi connectivity index (χ2n) is 3.95. The predicted molar refractivity (Wildman–Crippen MR) is 82.5 cm³/mol. The Hall–Kier alpha value is -1.69. The van der Waals surface area contributed by atoms with Crippen LogP contribution in [0.3, 0.4) is 0 Å². The summed E-state index contributed by atoms with van der Waals surface area (Å²) in [6.07, 6.45) is 3.62. The van der Waals surface area contributed by atoms with E-state index in [1.54, 1.807) is 18.2 Å². The van der Waals surface area contributed by atoms with Crippen molar-refractivity contribution in [3.8, 4) is 0 Å². The number of rotatable bonds is 2. The van der Waals surface area contributed by atoms with Crippen LogP contribution in [0, 0.1) is 0 Å². The molecular weight excluding hydrogens is 317 g/mol. The van der Waals surface area contributed by atoms with E-state index in [1.807, 2.05) is 18.2 Å². The molecule has 3 rings (SSSR count). The van der Waals surface area contributed by atoms with E-state index in [0.717, 1.165) is 16.9 Å². The third-order valence-corrected chi connectivity index (χ3v) is 3.81. The number of aromatic nitrogens is 3. The fourth-order valence-electron chi connectivity index (χ4n) is 1.65. The highest BCUT2D eigenvalue weighted by Gasteiger charge is 2.05. The Morgan fingerprint density at radius 2 is 1.90 bits per heavy atom. The minimum absolute atomic E-state index is 0.256. The first kappa shape index (κ1) is 13.3. The number of benzene rings is 1. The summed E-state index contributed by atoms with van der Waals surface area (Å²) in [7, 11) is 0. The smallest absolute Gasteiger partial charge is 0.267 e. The zero-order valence-electron chi connectivity index (χ0n) is 9.96. The summed E-state index contributed by atoms with van der Waals surface area (Å²) in [4.78, 5) is 16.6. The van der Waals surface area contributed by atoms with Gasteiger partial charge < -0.3 is 0 Å². The number of hydrogen-bond donors (Lipinski definition) is 0. The van der Waals surface area contributed by atoms with Crippen LogP contribution in [-0.4, -0.2) is 14.6 Å². The zero-order chi connectivity index (χ0) is 14.1. The first-order valence-electron chi connectivity index (χ1n) is 5.62. The Labute approximate surface area is 127 Å². The van der Waals surface area contributed by atoms with Crippen LogP contribution in [-0.2, 0) is 0 Å². The summed E-state index contributed by atoms with van der Waals surface area (Å²) in [6.45, 7) is 0. The Bertz CT molecular complexity index is 852. The lowest BCUT2D eigenvalue weighted by molar-refractivity contribution is 0.897. The largest absolute Gasteiger partial charge is 0.275 e. The zero-order valence-corrected chi connectivity index (χ0v) is 12.3. The molecule has 0 amide bonds. The second-order valence-corrected chi connectivity index (χ2v) is 5.93. The molecule has 0 atom stereocenters. The van der Waals surface area contributed by atoms with Gasteiger partial charge in [0.2, 0.25) is 9.43 Å². The van der Waals surface area contributed by atoms with Crippen LogP contribution in [0.4, 0.5) is 0 Å². The van der Waals surface area contributed by atoms with Crippen LogP contribution in [0.15, 0.2) is 35.1 Å². The molecule has 0 aliphatic carbocycles. The highest BCUT2D eigenvalue weighted by Crippen LogP contribution is 2.17. The molecule has 7 heteroatoms. The van der Waals surface area contributed by atoms with Gasteiger partial charge in [0.05, 0.1) is 5.69 Å². The van der Waals surface area contributed by atoms with Crippen LogP contribution >= 0.6 is 34.5 Å². The lowest BCUT2D eigenvalue weighted by Crippen LogP contribution is -2.14. The van der Waals surface area contributed by atoms with Crippen LogP contribution < -0.4 is 5.56 Å². The third kappa shape index (κ3) is 2.75.